The fourth-order valence-electron chi connectivity index (χ4n) is 2.35. The number of rotatable bonds is 9. The molecule has 0 saturated heterocycles. The first kappa shape index (κ1) is 22.0. The van der Waals surface area contributed by atoms with Crippen LogP contribution in [-0.4, -0.2) is 47.0 Å². The summed E-state index contributed by atoms with van der Waals surface area (Å²) in [6.45, 7) is 1.86. The van der Waals surface area contributed by atoms with E-state index in [1.54, 1.807) is 32.4 Å². The number of nitrogens with one attached hydrogen (secondary N) is 2. The van der Waals surface area contributed by atoms with Gasteiger partial charge >= 0.3 is 0 Å². The topological polar surface area (TPSA) is 115 Å². The lowest BCUT2D eigenvalue weighted by molar-refractivity contribution is -0.115. The number of carbonyl (C=O) groups is 2. The molecule has 2 amide bonds. The van der Waals surface area contributed by atoms with Gasteiger partial charge in [-0.1, -0.05) is 29.2 Å². The van der Waals surface area contributed by atoms with E-state index in [9.17, 15) is 9.59 Å². The van der Waals surface area contributed by atoms with E-state index in [4.69, 9.17) is 9.47 Å². The van der Waals surface area contributed by atoms with E-state index >= 15 is 0 Å². The fourth-order valence-corrected chi connectivity index (χ4v) is 4.62. The van der Waals surface area contributed by atoms with Gasteiger partial charge in [0.05, 0.1) is 32.1 Å². The van der Waals surface area contributed by atoms with Crippen molar-refractivity contribution in [3.63, 3.8) is 0 Å². The number of nitrogens with zero attached hydrogens (tertiary/aromatic N) is 3. The summed E-state index contributed by atoms with van der Waals surface area (Å²) >= 11 is 3.83. The van der Waals surface area contributed by atoms with Crippen molar-refractivity contribution >= 4 is 56.5 Å². The summed E-state index contributed by atoms with van der Waals surface area (Å²) in [6.07, 6.45) is 0.151. The van der Waals surface area contributed by atoms with Gasteiger partial charge in [-0.3, -0.25) is 9.59 Å². The second kappa shape index (κ2) is 10.4. The number of carbonyl (C=O) groups excluding carboxylic acids is 2. The second-order valence-corrected chi connectivity index (χ2v) is 8.98. The highest BCUT2D eigenvalue weighted by atomic mass is 32.2. The molecule has 0 unspecified atom stereocenters. The molecule has 0 radical (unpaired) electrons. The minimum atomic E-state index is -0.230. The zero-order chi connectivity index (χ0) is 21.5. The lowest BCUT2D eigenvalue weighted by atomic mass is 10.1. The highest BCUT2D eigenvalue weighted by Crippen LogP contribution is 2.28. The van der Waals surface area contributed by atoms with Gasteiger partial charge in [0.2, 0.25) is 16.9 Å². The minimum absolute atomic E-state index is 0.151. The van der Waals surface area contributed by atoms with Crippen LogP contribution in [0.4, 0.5) is 10.3 Å². The zero-order valence-corrected chi connectivity index (χ0v) is 18.9. The number of aryl methyl sites for hydroxylation is 1. The second-order valence-electron chi connectivity index (χ2n) is 5.92. The molecule has 0 aliphatic carbocycles. The lowest BCUT2D eigenvalue weighted by Crippen LogP contribution is -2.14. The molecule has 158 valence electrons. The predicted octanol–water partition coefficient (Wildman–Crippen LogP) is 3.23. The Morgan fingerprint density at radius 2 is 1.83 bits per heavy atom. The number of aromatic nitrogens is 3. The monoisotopic (exact) mass is 465 g/mol. The van der Waals surface area contributed by atoms with Crippen LogP contribution < -0.4 is 20.1 Å². The summed E-state index contributed by atoms with van der Waals surface area (Å²) in [4.78, 5) is 28.5. The third-order valence-corrected chi connectivity index (χ3v) is 6.51. The molecular formula is C18H19N5O4S3. The van der Waals surface area contributed by atoms with E-state index in [2.05, 4.69) is 25.8 Å². The Kier molecular flexibility index (Phi) is 7.60. The fraction of sp³-hybridized carbons (Fsp3) is 0.278. The summed E-state index contributed by atoms with van der Waals surface area (Å²) < 4.78 is 11.0. The standard InChI is InChI=1S/C18H19N5O4S3/c1-10-8-28-16(19-10)21-15(25)9-29-18-23-22-17(30-18)20-14(24)7-11-4-5-12(26-2)13(6-11)27-3/h4-6,8H,7,9H2,1-3H3,(H,19,21,25)(H,20,22,24). The smallest absolute Gasteiger partial charge is 0.236 e. The number of anilines is 2. The highest BCUT2D eigenvalue weighted by Gasteiger charge is 2.13. The van der Waals surface area contributed by atoms with Crippen LogP contribution >= 0.6 is 34.4 Å². The summed E-state index contributed by atoms with van der Waals surface area (Å²) in [5, 5.41) is 16.2. The van der Waals surface area contributed by atoms with Gasteiger partial charge in [0.25, 0.3) is 0 Å². The Morgan fingerprint density at radius 1 is 1.07 bits per heavy atom. The predicted molar refractivity (Wildman–Crippen MR) is 118 cm³/mol. The molecule has 0 aliphatic heterocycles. The van der Waals surface area contributed by atoms with Crippen LogP contribution in [-0.2, 0) is 16.0 Å². The molecule has 2 heterocycles. The van der Waals surface area contributed by atoms with Gasteiger partial charge in [-0.25, -0.2) is 4.98 Å². The molecule has 2 N–H and O–H groups in total. The van der Waals surface area contributed by atoms with Crippen molar-refractivity contribution in [3.05, 3.63) is 34.8 Å². The van der Waals surface area contributed by atoms with Gasteiger partial charge in [0.15, 0.2) is 21.0 Å². The quantitative estimate of drug-likeness (QED) is 0.366. The summed E-state index contributed by atoms with van der Waals surface area (Å²) in [5.41, 5.74) is 1.64. The van der Waals surface area contributed by atoms with Crippen molar-refractivity contribution in [3.8, 4) is 11.5 Å². The van der Waals surface area contributed by atoms with Crippen molar-refractivity contribution in [1.29, 1.82) is 0 Å². The molecule has 0 bridgehead atoms. The molecule has 2 aromatic heterocycles. The summed E-state index contributed by atoms with van der Waals surface area (Å²) in [6, 6.07) is 5.30. The average Bonchev–Trinajstić information content (AvgIpc) is 3.34. The SMILES string of the molecule is COc1ccc(CC(=O)Nc2nnc(SCC(=O)Nc3nc(C)cs3)s2)cc1OC. The molecule has 0 aliphatic rings. The first-order chi connectivity index (χ1) is 14.5. The number of thioether (sulfide) groups is 1. The van der Waals surface area contributed by atoms with Gasteiger partial charge in [0.1, 0.15) is 0 Å². The molecule has 0 spiro atoms. The molecular weight excluding hydrogens is 446 g/mol. The molecule has 0 atom stereocenters. The highest BCUT2D eigenvalue weighted by molar-refractivity contribution is 8.01. The Morgan fingerprint density at radius 3 is 2.53 bits per heavy atom. The van der Waals surface area contributed by atoms with Crippen molar-refractivity contribution in [2.45, 2.75) is 17.7 Å². The molecule has 0 saturated carbocycles. The van der Waals surface area contributed by atoms with E-state index in [-0.39, 0.29) is 24.0 Å². The molecule has 3 rings (SSSR count). The minimum Gasteiger partial charge on any atom is -0.493 e. The van der Waals surface area contributed by atoms with Gasteiger partial charge in [-0.15, -0.1) is 21.5 Å². The van der Waals surface area contributed by atoms with Crippen LogP contribution in [0, 0.1) is 6.92 Å². The first-order valence-electron chi connectivity index (χ1n) is 8.66. The largest absolute Gasteiger partial charge is 0.493 e. The molecule has 9 nitrogen and oxygen atoms in total. The van der Waals surface area contributed by atoms with Gasteiger partial charge in [-0.2, -0.15) is 0 Å². The van der Waals surface area contributed by atoms with E-state index in [0.29, 0.717) is 26.1 Å². The lowest BCUT2D eigenvalue weighted by Gasteiger charge is -2.09. The van der Waals surface area contributed by atoms with Crippen LogP contribution in [0.1, 0.15) is 11.3 Å². The van der Waals surface area contributed by atoms with Gasteiger partial charge in [-0.05, 0) is 24.6 Å². The number of methoxy groups -OCH3 is 2. The normalized spacial score (nSPS) is 10.5. The van der Waals surface area contributed by atoms with E-state index in [1.807, 2.05) is 12.3 Å². The Hall–Kier alpha value is -2.70. The van der Waals surface area contributed by atoms with Crippen LogP contribution in [0.15, 0.2) is 27.9 Å². The molecule has 0 fully saturated rings. The van der Waals surface area contributed by atoms with Gasteiger partial charge < -0.3 is 20.1 Å². The Bertz CT molecular complexity index is 1040. The average molecular weight is 466 g/mol. The maximum absolute atomic E-state index is 12.3. The number of benzene rings is 1. The van der Waals surface area contributed by atoms with Gasteiger partial charge in [0, 0.05) is 5.38 Å². The van der Waals surface area contributed by atoms with Crippen molar-refractivity contribution in [2.24, 2.45) is 0 Å². The third-order valence-electron chi connectivity index (χ3n) is 3.66. The van der Waals surface area contributed by atoms with Crippen LogP contribution in [0.5, 0.6) is 11.5 Å². The van der Waals surface area contributed by atoms with E-state index in [1.165, 1.54) is 34.4 Å². The number of hydrogen-bond acceptors (Lipinski definition) is 10. The Labute approximate surface area is 185 Å². The van der Waals surface area contributed by atoms with Crippen molar-refractivity contribution in [1.82, 2.24) is 15.2 Å². The number of amides is 2. The zero-order valence-electron chi connectivity index (χ0n) is 16.4. The maximum Gasteiger partial charge on any atom is 0.236 e. The maximum atomic E-state index is 12.3. The molecule has 1 aromatic carbocycles. The Balaban J connectivity index is 1.48. The first-order valence-corrected chi connectivity index (χ1v) is 11.3. The van der Waals surface area contributed by atoms with Crippen LogP contribution in [0.2, 0.25) is 0 Å². The summed E-state index contributed by atoms with van der Waals surface area (Å²) in [7, 11) is 3.10. The van der Waals surface area contributed by atoms with E-state index in [0.717, 1.165) is 11.3 Å². The van der Waals surface area contributed by atoms with Crippen LogP contribution in [0.3, 0.4) is 0 Å². The number of ether oxygens (including phenoxy) is 2. The van der Waals surface area contributed by atoms with Crippen molar-refractivity contribution < 1.29 is 19.1 Å². The number of thiazole rings is 1. The molecule has 12 heteroatoms. The van der Waals surface area contributed by atoms with E-state index < -0.39 is 0 Å². The molecule has 30 heavy (non-hydrogen) atoms. The van der Waals surface area contributed by atoms with Crippen molar-refractivity contribution in [2.75, 3.05) is 30.6 Å². The van der Waals surface area contributed by atoms with Crippen LogP contribution in [0.25, 0.3) is 0 Å². The number of hydrogen-bond donors (Lipinski definition) is 2. The molecule has 3 aromatic rings. The summed E-state index contributed by atoms with van der Waals surface area (Å²) in [5.74, 6) is 0.924. The third kappa shape index (κ3) is 6.15.